The first-order valence-corrected chi connectivity index (χ1v) is 9.80. The van der Waals surface area contributed by atoms with Crippen molar-refractivity contribution in [2.24, 2.45) is 0 Å². The molecule has 152 valence electrons. The van der Waals surface area contributed by atoms with Gasteiger partial charge < -0.3 is 19.3 Å². The van der Waals surface area contributed by atoms with Crippen LogP contribution in [0.25, 0.3) is 10.2 Å². The molecule has 4 rings (SSSR count). The average Bonchev–Trinajstić information content (AvgIpc) is 3.22. The molecule has 0 N–H and O–H groups in total. The summed E-state index contributed by atoms with van der Waals surface area (Å²) >= 11 is 1.55. The normalized spacial score (nSPS) is 14.5. The average molecular weight is 420 g/mol. The Kier molecular flexibility index (Phi) is 5.43. The summed E-state index contributed by atoms with van der Waals surface area (Å²) in [5.41, 5.74) is 0.0559. The Labute approximate surface area is 169 Å². The molecule has 1 saturated heterocycles. The summed E-state index contributed by atoms with van der Waals surface area (Å²) in [6.07, 6.45) is 1.54. The molecule has 1 aliphatic heterocycles. The van der Waals surface area contributed by atoms with Crippen LogP contribution in [0.3, 0.4) is 0 Å². The van der Waals surface area contributed by atoms with Gasteiger partial charge >= 0.3 is 6.61 Å². The largest absolute Gasteiger partial charge is 0.493 e. The molecule has 1 amide bonds. The van der Waals surface area contributed by atoms with Gasteiger partial charge in [-0.2, -0.15) is 8.78 Å². The summed E-state index contributed by atoms with van der Waals surface area (Å²) in [7, 11) is 1.34. The molecular formula is C19H18F2N4O3S. The maximum Gasteiger partial charge on any atom is 0.387 e. The Bertz CT molecular complexity index is 1020. The van der Waals surface area contributed by atoms with Crippen LogP contribution in [0, 0.1) is 0 Å². The van der Waals surface area contributed by atoms with Crippen LogP contribution < -0.4 is 14.4 Å². The summed E-state index contributed by atoms with van der Waals surface area (Å²) in [5, 5.41) is 2.95. The molecule has 2 aromatic heterocycles. The minimum atomic E-state index is -3.06. The van der Waals surface area contributed by atoms with E-state index in [0.29, 0.717) is 26.2 Å². The van der Waals surface area contributed by atoms with Crippen LogP contribution in [0.15, 0.2) is 36.0 Å². The van der Waals surface area contributed by atoms with Crippen LogP contribution in [0.5, 0.6) is 11.5 Å². The SMILES string of the molecule is COc1cccc(C(=O)N2CCN(c3ncnc4sccc34)CC2)c1OC(F)F. The number of benzene rings is 1. The summed E-state index contributed by atoms with van der Waals surface area (Å²) < 4.78 is 35.3. The number of thiophene rings is 1. The van der Waals surface area contributed by atoms with E-state index in [2.05, 4.69) is 19.6 Å². The molecule has 3 heterocycles. The highest BCUT2D eigenvalue weighted by Gasteiger charge is 2.28. The number of carbonyl (C=O) groups is 1. The lowest BCUT2D eigenvalue weighted by molar-refractivity contribution is -0.0516. The van der Waals surface area contributed by atoms with Gasteiger partial charge in [0.2, 0.25) is 0 Å². The number of anilines is 1. The number of methoxy groups -OCH3 is 1. The van der Waals surface area contributed by atoms with Gasteiger partial charge in [-0.25, -0.2) is 9.97 Å². The molecule has 7 nitrogen and oxygen atoms in total. The molecule has 29 heavy (non-hydrogen) atoms. The number of ether oxygens (including phenoxy) is 2. The molecular weight excluding hydrogens is 402 g/mol. The molecule has 10 heteroatoms. The number of para-hydroxylation sites is 1. The molecule has 1 aromatic carbocycles. The van der Waals surface area contributed by atoms with Crippen LogP contribution in [0.1, 0.15) is 10.4 Å². The topological polar surface area (TPSA) is 67.8 Å². The third-order valence-corrected chi connectivity index (χ3v) is 5.56. The number of carbonyl (C=O) groups excluding carboxylic acids is 1. The Morgan fingerprint density at radius 2 is 1.97 bits per heavy atom. The van der Waals surface area contributed by atoms with Gasteiger partial charge in [-0.05, 0) is 23.6 Å². The molecule has 1 fully saturated rings. The predicted octanol–water partition coefficient (Wildman–Crippen LogP) is 3.26. The highest BCUT2D eigenvalue weighted by atomic mass is 32.1. The number of aromatic nitrogens is 2. The molecule has 0 saturated carbocycles. The van der Waals surface area contributed by atoms with Crippen molar-refractivity contribution < 1.29 is 23.0 Å². The number of amides is 1. The zero-order valence-corrected chi connectivity index (χ0v) is 16.4. The van der Waals surface area contributed by atoms with Crippen LogP contribution >= 0.6 is 11.3 Å². The van der Waals surface area contributed by atoms with Gasteiger partial charge in [0.25, 0.3) is 5.91 Å². The van der Waals surface area contributed by atoms with Gasteiger partial charge in [-0.3, -0.25) is 4.79 Å². The zero-order valence-electron chi connectivity index (χ0n) is 15.5. The second-order valence-corrected chi connectivity index (χ2v) is 7.23. The Balaban J connectivity index is 1.52. The number of hydrogen-bond acceptors (Lipinski definition) is 7. The maximum absolute atomic E-state index is 13.0. The first kappa shape index (κ1) is 19.3. The Morgan fingerprint density at radius 1 is 1.17 bits per heavy atom. The van der Waals surface area contributed by atoms with E-state index in [4.69, 9.17) is 4.74 Å². The quantitative estimate of drug-likeness (QED) is 0.631. The lowest BCUT2D eigenvalue weighted by Crippen LogP contribution is -2.49. The van der Waals surface area contributed by atoms with Crippen LogP contribution in [-0.4, -0.2) is 60.7 Å². The number of rotatable bonds is 5. The number of alkyl halides is 2. The molecule has 3 aromatic rings. The highest BCUT2D eigenvalue weighted by molar-refractivity contribution is 7.16. The van der Waals surface area contributed by atoms with Crippen LogP contribution in [0.4, 0.5) is 14.6 Å². The van der Waals surface area contributed by atoms with Crippen molar-refractivity contribution in [2.75, 3.05) is 38.2 Å². The monoisotopic (exact) mass is 420 g/mol. The number of hydrogen-bond donors (Lipinski definition) is 0. The first-order chi connectivity index (χ1) is 14.1. The lowest BCUT2D eigenvalue weighted by Gasteiger charge is -2.35. The van der Waals surface area contributed by atoms with Crippen LogP contribution in [-0.2, 0) is 0 Å². The molecule has 0 bridgehead atoms. The first-order valence-electron chi connectivity index (χ1n) is 8.92. The summed E-state index contributed by atoms with van der Waals surface area (Å²) in [5.74, 6) is 0.317. The van der Waals surface area contributed by atoms with Gasteiger partial charge in [-0.15, -0.1) is 11.3 Å². The molecule has 0 radical (unpaired) electrons. The zero-order chi connectivity index (χ0) is 20.4. The van der Waals surface area contributed by atoms with Crippen molar-refractivity contribution in [1.29, 1.82) is 0 Å². The molecule has 1 aliphatic rings. The Hall–Kier alpha value is -3.01. The van der Waals surface area contributed by atoms with Crippen molar-refractivity contribution in [2.45, 2.75) is 6.61 Å². The number of nitrogens with zero attached hydrogens (tertiary/aromatic N) is 4. The fourth-order valence-corrected chi connectivity index (χ4v) is 4.10. The van der Waals surface area contributed by atoms with Gasteiger partial charge in [0.15, 0.2) is 11.5 Å². The molecule has 0 spiro atoms. The minimum Gasteiger partial charge on any atom is -0.493 e. The fraction of sp³-hybridized carbons (Fsp3) is 0.316. The van der Waals surface area contributed by atoms with E-state index in [1.165, 1.54) is 25.6 Å². The van der Waals surface area contributed by atoms with E-state index < -0.39 is 6.61 Å². The fourth-order valence-electron chi connectivity index (χ4n) is 3.38. The minimum absolute atomic E-state index is 0.0559. The van der Waals surface area contributed by atoms with E-state index in [1.807, 2.05) is 11.4 Å². The molecule has 0 atom stereocenters. The second kappa shape index (κ2) is 8.16. The standard InChI is InChI=1S/C19H18F2N4O3S/c1-27-14-4-2-3-12(15(14)28-19(20)21)18(26)25-8-6-24(7-9-25)16-13-5-10-29-17(13)23-11-22-16/h2-5,10-11,19H,6-9H2,1H3. The third-order valence-electron chi connectivity index (χ3n) is 4.74. The van der Waals surface area contributed by atoms with Crippen molar-refractivity contribution in [3.05, 3.63) is 41.5 Å². The second-order valence-electron chi connectivity index (χ2n) is 6.33. The van der Waals surface area contributed by atoms with Crippen molar-refractivity contribution in [1.82, 2.24) is 14.9 Å². The van der Waals surface area contributed by atoms with Gasteiger partial charge in [0.05, 0.1) is 18.1 Å². The predicted molar refractivity (Wildman–Crippen MR) is 105 cm³/mol. The van der Waals surface area contributed by atoms with E-state index in [9.17, 15) is 13.6 Å². The number of piperazine rings is 1. The van der Waals surface area contributed by atoms with E-state index >= 15 is 0 Å². The van der Waals surface area contributed by atoms with Gasteiger partial charge in [-0.1, -0.05) is 6.07 Å². The number of halogens is 2. The van der Waals surface area contributed by atoms with Crippen molar-refractivity contribution in [3.8, 4) is 11.5 Å². The van der Waals surface area contributed by atoms with E-state index in [0.717, 1.165) is 16.0 Å². The van der Waals surface area contributed by atoms with E-state index in [1.54, 1.807) is 22.3 Å². The van der Waals surface area contributed by atoms with E-state index in [-0.39, 0.29) is 23.0 Å². The highest BCUT2D eigenvalue weighted by Crippen LogP contribution is 2.34. The smallest absolute Gasteiger partial charge is 0.387 e. The summed E-state index contributed by atoms with van der Waals surface area (Å²) in [6.45, 7) is -1.05. The maximum atomic E-state index is 13.0. The summed E-state index contributed by atoms with van der Waals surface area (Å²) in [6, 6.07) is 6.51. The molecule has 0 aliphatic carbocycles. The van der Waals surface area contributed by atoms with Crippen molar-refractivity contribution >= 4 is 33.3 Å². The summed E-state index contributed by atoms with van der Waals surface area (Å²) in [4.78, 5) is 26.3. The third kappa shape index (κ3) is 3.80. The Morgan fingerprint density at radius 3 is 2.69 bits per heavy atom. The molecule has 0 unspecified atom stereocenters. The van der Waals surface area contributed by atoms with Gasteiger partial charge in [0, 0.05) is 26.2 Å². The number of fused-ring (bicyclic) bond motifs is 1. The van der Waals surface area contributed by atoms with Crippen molar-refractivity contribution in [3.63, 3.8) is 0 Å². The lowest BCUT2D eigenvalue weighted by atomic mass is 10.1. The van der Waals surface area contributed by atoms with Crippen LogP contribution in [0.2, 0.25) is 0 Å². The van der Waals surface area contributed by atoms with Gasteiger partial charge in [0.1, 0.15) is 17.0 Å².